The highest BCUT2D eigenvalue weighted by Crippen LogP contribution is 2.31. The Morgan fingerprint density at radius 3 is 2.70 bits per heavy atom. The normalized spacial score (nSPS) is 12.4. The fraction of sp³-hybridized carbons (Fsp3) is 0.400. The first kappa shape index (κ1) is 14.6. The van der Waals surface area contributed by atoms with Gasteiger partial charge in [-0.2, -0.15) is 5.10 Å². The van der Waals surface area contributed by atoms with E-state index < -0.39 is 0 Å². The van der Waals surface area contributed by atoms with E-state index in [2.05, 4.69) is 17.4 Å². The molecular weight excluding hydrogens is 252 g/mol. The molecule has 1 aromatic heterocycles. The largest absolute Gasteiger partial charge is 0.494 e. The Bertz CT molecular complexity index is 565. The zero-order chi connectivity index (χ0) is 14.5. The van der Waals surface area contributed by atoms with Crippen molar-refractivity contribution in [2.75, 3.05) is 6.61 Å². The van der Waals surface area contributed by atoms with E-state index in [9.17, 15) is 0 Å². The van der Waals surface area contributed by atoms with Crippen LogP contribution in [0.3, 0.4) is 0 Å². The standard InChI is InChI=1S/C15H22N4O/c1-4-13-12(10-19(3)18-13)15(17-16)11-8-6-7-9-14(11)20-5-2/h6-10,15,17H,4-5,16H2,1-3H3. The summed E-state index contributed by atoms with van der Waals surface area (Å²) < 4.78 is 7.52. The zero-order valence-electron chi connectivity index (χ0n) is 12.3. The second-order valence-corrected chi connectivity index (χ2v) is 4.63. The number of hydrogen-bond donors (Lipinski definition) is 2. The quantitative estimate of drug-likeness (QED) is 0.624. The second kappa shape index (κ2) is 6.54. The Hall–Kier alpha value is -1.85. The van der Waals surface area contributed by atoms with Crippen molar-refractivity contribution in [3.8, 4) is 5.75 Å². The Balaban J connectivity index is 2.46. The lowest BCUT2D eigenvalue weighted by molar-refractivity contribution is 0.333. The molecule has 3 N–H and O–H groups in total. The fourth-order valence-electron chi connectivity index (χ4n) is 2.42. The van der Waals surface area contributed by atoms with Crippen LogP contribution in [0, 0.1) is 0 Å². The SMILES string of the molecule is CCOc1ccccc1C(NN)c1cn(C)nc1CC. The van der Waals surface area contributed by atoms with Gasteiger partial charge in [0.15, 0.2) is 0 Å². The average molecular weight is 274 g/mol. The summed E-state index contributed by atoms with van der Waals surface area (Å²) in [6.45, 7) is 4.69. The lowest BCUT2D eigenvalue weighted by atomic mass is 9.98. The maximum atomic E-state index is 5.79. The summed E-state index contributed by atoms with van der Waals surface area (Å²) in [7, 11) is 1.92. The molecule has 2 aromatic rings. The number of nitrogens with zero attached hydrogens (tertiary/aromatic N) is 2. The summed E-state index contributed by atoms with van der Waals surface area (Å²) >= 11 is 0. The molecule has 0 aliphatic rings. The van der Waals surface area contributed by atoms with Gasteiger partial charge in [0.1, 0.15) is 5.75 Å². The van der Waals surface area contributed by atoms with Gasteiger partial charge in [-0.05, 0) is 19.4 Å². The van der Waals surface area contributed by atoms with Crippen LogP contribution < -0.4 is 16.0 Å². The average Bonchev–Trinajstić information content (AvgIpc) is 2.83. The molecule has 0 aliphatic carbocycles. The van der Waals surface area contributed by atoms with Crippen LogP contribution in [0.4, 0.5) is 0 Å². The van der Waals surface area contributed by atoms with Crippen molar-refractivity contribution in [2.24, 2.45) is 12.9 Å². The highest BCUT2D eigenvalue weighted by Gasteiger charge is 2.21. The summed E-state index contributed by atoms with van der Waals surface area (Å²) in [6, 6.07) is 7.82. The van der Waals surface area contributed by atoms with E-state index in [0.29, 0.717) is 6.61 Å². The lowest BCUT2D eigenvalue weighted by Gasteiger charge is -2.19. The van der Waals surface area contributed by atoms with Crippen LogP contribution in [0.15, 0.2) is 30.5 Å². The third kappa shape index (κ3) is 2.84. The summed E-state index contributed by atoms with van der Waals surface area (Å²) in [4.78, 5) is 0. The maximum absolute atomic E-state index is 5.79. The van der Waals surface area contributed by atoms with Gasteiger partial charge in [0.05, 0.1) is 18.3 Å². The maximum Gasteiger partial charge on any atom is 0.124 e. The van der Waals surface area contributed by atoms with Gasteiger partial charge < -0.3 is 4.74 Å². The molecule has 0 radical (unpaired) electrons. The van der Waals surface area contributed by atoms with Crippen LogP contribution in [-0.2, 0) is 13.5 Å². The van der Waals surface area contributed by atoms with E-state index in [4.69, 9.17) is 10.6 Å². The minimum atomic E-state index is -0.124. The minimum Gasteiger partial charge on any atom is -0.494 e. The highest BCUT2D eigenvalue weighted by atomic mass is 16.5. The van der Waals surface area contributed by atoms with Gasteiger partial charge in [-0.1, -0.05) is 25.1 Å². The predicted octanol–water partition coefficient (Wildman–Crippen LogP) is 1.93. The van der Waals surface area contributed by atoms with Crippen LogP contribution in [0.1, 0.15) is 36.7 Å². The Labute approximate surface area is 119 Å². The third-order valence-electron chi connectivity index (χ3n) is 3.28. The Morgan fingerprint density at radius 2 is 2.05 bits per heavy atom. The number of nitrogens with one attached hydrogen (secondary N) is 1. The fourth-order valence-corrected chi connectivity index (χ4v) is 2.42. The Morgan fingerprint density at radius 1 is 1.30 bits per heavy atom. The molecule has 5 heteroatoms. The summed E-state index contributed by atoms with van der Waals surface area (Å²) in [5.74, 6) is 6.64. The molecule has 0 aliphatic heterocycles. The number of hydrazine groups is 1. The summed E-state index contributed by atoms with van der Waals surface area (Å²) in [6.07, 6.45) is 2.87. The molecule has 0 saturated carbocycles. The number of aromatic nitrogens is 2. The topological polar surface area (TPSA) is 65.1 Å². The zero-order valence-corrected chi connectivity index (χ0v) is 12.3. The molecule has 20 heavy (non-hydrogen) atoms. The first-order chi connectivity index (χ1) is 9.71. The van der Waals surface area contributed by atoms with Crippen molar-refractivity contribution < 1.29 is 4.74 Å². The van der Waals surface area contributed by atoms with Crippen LogP contribution >= 0.6 is 0 Å². The van der Waals surface area contributed by atoms with Gasteiger partial charge in [-0.25, -0.2) is 5.43 Å². The molecule has 0 bridgehead atoms. The molecule has 1 atom stereocenters. The number of hydrogen-bond acceptors (Lipinski definition) is 4. The molecule has 0 fully saturated rings. The van der Waals surface area contributed by atoms with Gasteiger partial charge in [0.2, 0.25) is 0 Å². The first-order valence-corrected chi connectivity index (χ1v) is 6.91. The van der Waals surface area contributed by atoms with Crippen molar-refractivity contribution in [3.63, 3.8) is 0 Å². The van der Waals surface area contributed by atoms with Crippen LogP contribution in [0.5, 0.6) is 5.75 Å². The molecule has 1 unspecified atom stereocenters. The van der Waals surface area contributed by atoms with E-state index >= 15 is 0 Å². The van der Waals surface area contributed by atoms with E-state index in [1.54, 1.807) is 0 Å². The Kier molecular flexibility index (Phi) is 4.76. The van der Waals surface area contributed by atoms with Crippen molar-refractivity contribution >= 4 is 0 Å². The molecule has 0 amide bonds. The van der Waals surface area contributed by atoms with E-state index in [1.165, 1.54) is 0 Å². The predicted molar refractivity (Wildman–Crippen MR) is 79.4 cm³/mol. The molecule has 1 heterocycles. The summed E-state index contributed by atoms with van der Waals surface area (Å²) in [5, 5.41) is 4.48. The number of para-hydroxylation sites is 1. The van der Waals surface area contributed by atoms with Crippen molar-refractivity contribution in [3.05, 3.63) is 47.3 Å². The highest BCUT2D eigenvalue weighted by molar-refractivity contribution is 5.42. The van der Waals surface area contributed by atoms with Gasteiger partial charge in [-0.15, -0.1) is 0 Å². The molecule has 108 valence electrons. The molecule has 5 nitrogen and oxygen atoms in total. The molecular formula is C15H22N4O. The number of nitrogens with two attached hydrogens (primary N) is 1. The van der Waals surface area contributed by atoms with Crippen molar-refractivity contribution in [1.82, 2.24) is 15.2 Å². The first-order valence-electron chi connectivity index (χ1n) is 6.91. The third-order valence-corrected chi connectivity index (χ3v) is 3.28. The van der Waals surface area contributed by atoms with Gasteiger partial charge in [0, 0.05) is 24.4 Å². The number of rotatable bonds is 6. The van der Waals surface area contributed by atoms with E-state index in [1.807, 2.05) is 49.1 Å². The summed E-state index contributed by atoms with van der Waals surface area (Å²) in [5.41, 5.74) is 6.05. The number of benzene rings is 1. The van der Waals surface area contributed by atoms with E-state index in [-0.39, 0.29) is 6.04 Å². The van der Waals surface area contributed by atoms with Crippen LogP contribution in [0.25, 0.3) is 0 Å². The molecule has 1 aromatic carbocycles. The monoisotopic (exact) mass is 274 g/mol. The molecule has 0 saturated heterocycles. The molecule has 0 spiro atoms. The van der Waals surface area contributed by atoms with Crippen molar-refractivity contribution in [2.45, 2.75) is 26.3 Å². The van der Waals surface area contributed by atoms with Gasteiger partial charge in [0.25, 0.3) is 0 Å². The van der Waals surface area contributed by atoms with Crippen LogP contribution in [-0.4, -0.2) is 16.4 Å². The number of ether oxygens (including phenoxy) is 1. The van der Waals surface area contributed by atoms with Gasteiger partial charge >= 0.3 is 0 Å². The van der Waals surface area contributed by atoms with Crippen molar-refractivity contribution in [1.29, 1.82) is 0 Å². The number of aryl methyl sites for hydroxylation is 2. The second-order valence-electron chi connectivity index (χ2n) is 4.63. The van der Waals surface area contributed by atoms with Gasteiger partial charge in [-0.3, -0.25) is 10.5 Å². The minimum absolute atomic E-state index is 0.124. The smallest absolute Gasteiger partial charge is 0.124 e. The lowest BCUT2D eigenvalue weighted by Crippen LogP contribution is -2.29. The van der Waals surface area contributed by atoms with E-state index in [0.717, 1.165) is 29.0 Å². The molecule has 2 rings (SSSR count). The van der Waals surface area contributed by atoms with Crippen LogP contribution in [0.2, 0.25) is 0 Å².